The molecule has 0 unspecified atom stereocenters. The summed E-state index contributed by atoms with van der Waals surface area (Å²) in [5, 5.41) is 1.07. The molecule has 0 bridgehead atoms. The van der Waals surface area contributed by atoms with E-state index in [1.165, 1.54) is 7.11 Å². The van der Waals surface area contributed by atoms with E-state index in [4.69, 9.17) is 4.74 Å². The van der Waals surface area contributed by atoms with Gasteiger partial charge in [-0.2, -0.15) is 0 Å². The van der Waals surface area contributed by atoms with Gasteiger partial charge in [0.05, 0.1) is 12.7 Å². The number of methoxy groups -OCH3 is 1. The Morgan fingerprint density at radius 1 is 1.27 bits per heavy atom. The van der Waals surface area contributed by atoms with Crippen LogP contribution in [0.15, 0.2) is 18.3 Å². The van der Waals surface area contributed by atoms with Crippen molar-refractivity contribution in [1.29, 1.82) is 0 Å². The number of hydrogen-bond donors (Lipinski definition) is 1. The summed E-state index contributed by atoms with van der Waals surface area (Å²) in [6.07, 6.45) is 1.94. The summed E-state index contributed by atoms with van der Waals surface area (Å²) < 4.78 is 4.73. The first-order chi connectivity index (χ1) is 7.13. The van der Waals surface area contributed by atoms with Gasteiger partial charge in [0.1, 0.15) is 0 Å². The van der Waals surface area contributed by atoms with Crippen molar-refractivity contribution in [1.82, 2.24) is 4.98 Å². The van der Waals surface area contributed by atoms with Crippen LogP contribution in [0, 0.1) is 13.8 Å². The maximum Gasteiger partial charge on any atom is 0.338 e. The van der Waals surface area contributed by atoms with Gasteiger partial charge in [0.2, 0.25) is 0 Å². The minimum Gasteiger partial charge on any atom is -0.465 e. The number of carbonyl (C=O) groups excluding carboxylic acids is 1. The maximum absolute atomic E-state index is 11.5. The van der Waals surface area contributed by atoms with Crippen molar-refractivity contribution in [2.75, 3.05) is 7.11 Å². The van der Waals surface area contributed by atoms with Crippen LogP contribution in [0.25, 0.3) is 10.9 Å². The Kier molecular flexibility index (Phi) is 2.23. The summed E-state index contributed by atoms with van der Waals surface area (Å²) in [6, 6.07) is 3.84. The van der Waals surface area contributed by atoms with E-state index in [-0.39, 0.29) is 5.97 Å². The van der Waals surface area contributed by atoms with Crippen LogP contribution in [0.1, 0.15) is 21.5 Å². The topological polar surface area (TPSA) is 42.1 Å². The third kappa shape index (κ3) is 1.50. The number of nitrogens with one attached hydrogen (secondary N) is 1. The van der Waals surface area contributed by atoms with E-state index >= 15 is 0 Å². The van der Waals surface area contributed by atoms with E-state index in [9.17, 15) is 4.79 Å². The van der Waals surface area contributed by atoms with Crippen LogP contribution in [0.4, 0.5) is 0 Å². The van der Waals surface area contributed by atoms with Gasteiger partial charge in [0.25, 0.3) is 0 Å². The Morgan fingerprint density at radius 3 is 2.67 bits per heavy atom. The molecule has 0 aliphatic rings. The summed E-state index contributed by atoms with van der Waals surface area (Å²) in [7, 11) is 1.40. The summed E-state index contributed by atoms with van der Waals surface area (Å²) in [5.41, 5.74) is 3.75. The molecule has 1 aromatic heterocycles. The van der Waals surface area contributed by atoms with E-state index in [1.54, 1.807) is 0 Å². The Bertz CT molecular complexity index is 526. The fourth-order valence-electron chi connectivity index (χ4n) is 1.75. The second kappa shape index (κ2) is 3.42. The van der Waals surface area contributed by atoms with E-state index in [2.05, 4.69) is 4.98 Å². The van der Waals surface area contributed by atoms with Crippen LogP contribution in [-0.4, -0.2) is 18.1 Å². The molecule has 0 amide bonds. The fourth-order valence-corrected chi connectivity index (χ4v) is 1.75. The lowest BCUT2D eigenvalue weighted by molar-refractivity contribution is 0.0600. The Labute approximate surface area is 88.1 Å². The number of fused-ring (bicyclic) bond motifs is 1. The molecule has 0 spiro atoms. The lowest BCUT2D eigenvalue weighted by atomic mass is 10.0. The number of ether oxygens (including phenoxy) is 1. The quantitative estimate of drug-likeness (QED) is 0.724. The lowest BCUT2D eigenvalue weighted by Gasteiger charge is -2.04. The van der Waals surface area contributed by atoms with Crippen LogP contribution in [0.5, 0.6) is 0 Å². The van der Waals surface area contributed by atoms with Gasteiger partial charge in [-0.05, 0) is 37.1 Å². The molecule has 2 aromatic rings. The monoisotopic (exact) mass is 203 g/mol. The van der Waals surface area contributed by atoms with Crippen molar-refractivity contribution < 1.29 is 9.53 Å². The highest BCUT2D eigenvalue weighted by Gasteiger charge is 2.11. The minimum atomic E-state index is -0.282. The number of aromatic nitrogens is 1. The summed E-state index contributed by atoms with van der Waals surface area (Å²) in [5.74, 6) is -0.282. The zero-order valence-electron chi connectivity index (χ0n) is 9.05. The molecule has 15 heavy (non-hydrogen) atoms. The summed E-state index contributed by atoms with van der Waals surface area (Å²) in [4.78, 5) is 14.6. The first kappa shape index (κ1) is 9.77. The van der Waals surface area contributed by atoms with E-state index in [0.717, 1.165) is 22.0 Å². The summed E-state index contributed by atoms with van der Waals surface area (Å²) in [6.45, 7) is 3.91. The number of hydrogen-bond acceptors (Lipinski definition) is 2. The first-order valence-electron chi connectivity index (χ1n) is 4.80. The number of esters is 1. The van der Waals surface area contributed by atoms with Crippen molar-refractivity contribution in [3.8, 4) is 0 Å². The van der Waals surface area contributed by atoms with Crippen molar-refractivity contribution in [3.63, 3.8) is 0 Å². The molecule has 0 aliphatic heterocycles. The number of aromatic amines is 1. The van der Waals surface area contributed by atoms with Gasteiger partial charge >= 0.3 is 5.97 Å². The second-order valence-corrected chi connectivity index (χ2v) is 3.68. The number of carbonyl (C=O) groups is 1. The van der Waals surface area contributed by atoms with Crippen molar-refractivity contribution in [2.24, 2.45) is 0 Å². The van der Waals surface area contributed by atoms with Gasteiger partial charge in [-0.3, -0.25) is 0 Å². The Balaban J connectivity index is 2.70. The van der Waals surface area contributed by atoms with E-state index in [0.29, 0.717) is 5.56 Å². The SMILES string of the molecule is COC(=O)c1cc2c(C)c[nH]c2cc1C. The van der Waals surface area contributed by atoms with E-state index < -0.39 is 0 Å². The predicted molar refractivity (Wildman–Crippen MR) is 59.1 cm³/mol. The molecule has 0 aliphatic carbocycles. The number of H-pyrrole nitrogens is 1. The smallest absolute Gasteiger partial charge is 0.338 e. The van der Waals surface area contributed by atoms with Gasteiger partial charge in [-0.15, -0.1) is 0 Å². The number of benzene rings is 1. The molecular formula is C12H13NO2. The zero-order valence-corrected chi connectivity index (χ0v) is 9.05. The molecule has 2 rings (SSSR count). The van der Waals surface area contributed by atoms with Crippen LogP contribution in [0.2, 0.25) is 0 Å². The molecule has 0 saturated carbocycles. The second-order valence-electron chi connectivity index (χ2n) is 3.68. The third-order valence-electron chi connectivity index (χ3n) is 2.64. The molecule has 0 radical (unpaired) electrons. The zero-order chi connectivity index (χ0) is 11.0. The molecule has 1 aromatic carbocycles. The largest absolute Gasteiger partial charge is 0.465 e. The average molecular weight is 203 g/mol. The van der Waals surface area contributed by atoms with Crippen molar-refractivity contribution in [3.05, 3.63) is 35.0 Å². The van der Waals surface area contributed by atoms with Gasteiger partial charge in [0, 0.05) is 17.1 Å². The van der Waals surface area contributed by atoms with Crippen LogP contribution in [0.3, 0.4) is 0 Å². The molecule has 0 saturated heterocycles. The van der Waals surface area contributed by atoms with Crippen LogP contribution < -0.4 is 0 Å². The molecule has 78 valence electrons. The molecule has 3 heteroatoms. The van der Waals surface area contributed by atoms with Crippen molar-refractivity contribution in [2.45, 2.75) is 13.8 Å². The number of rotatable bonds is 1. The molecule has 3 nitrogen and oxygen atoms in total. The fraction of sp³-hybridized carbons (Fsp3) is 0.250. The molecular weight excluding hydrogens is 190 g/mol. The van der Waals surface area contributed by atoms with Crippen LogP contribution in [-0.2, 0) is 4.74 Å². The van der Waals surface area contributed by atoms with Crippen molar-refractivity contribution >= 4 is 16.9 Å². The lowest BCUT2D eigenvalue weighted by Crippen LogP contribution is -2.03. The van der Waals surface area contributed by atoms with Gasteiger partial charge in [0.15, 0.2) is 0 Å². The van der Waals surface area contributed by atoms with Gasteiger partial charge in [-0.25, -0.2) is 4.79 Å². The van der Waals surface area contributed by atoms with Gasteiger partial charge < -0.3 is 9.72 Å². The Morgan fingerprint density at radius 2 is 2.00 bits per heavy atom. The highest BCUT2D eigenvalue weighted by Crippen LogP contribution is 2.22. The molecule has 0 fully saturated rings. The third-order valence-corrected chi connectivity index (χ3v) is 2.64. The number of aryl methyl sites for hydroxylation is 2. The first-order valence-corrected chi connectivity index (χ1v) is 4.80. The average Bonchev–Trinajstić information content (AvgIpc) is 2.58. The highest BCUT2D eigenvalue weighted by molar-refractivity contribution is 5.97. The maximum atomic E-state index is 11.5. The molecule has 1 heterocycles. The van der Waals surface area contributed by atoms with Gasteiger partial charge in [-0.1, -0.05) is 0 Å². The Hall–Kier alpha value is -1.77. The summed E-state index contributed by atoms with van der Waals surface area (Å²) >= 11 is 0. The standard InChI is InChI=1S/C12H13NO2/c1-7-4-11-9(8(2)6-13-11)5-10(7)12(14)15-3/h4-6,13H,1-3H3. The predicted octanol–water partition coefficient (Wildman–Crippen LogP) is 2.57. The van der Waals surface area contributed by atoms with Crippen LogP contribution >= 0.6 is 0 Å². The minimum absolute atomic E-state index is 0.282. The molecule has 1 N–H and O–H groups in total. The highest BCUT2D eigenvalue weighted by atomic mass is 16.5. The molecule has 0 atom stereocenters. The van der Waals surface area contributed by atoms with E-state index in [1.807, 2.05) is 32.2 Å². The normalized spacial score (nSPS) is 10.6.